The van der Waals surface area contributed by atoms with Crippen molar-refractivity contribution in [3.63, 3.8) is 0 Å². The molecule has 0 spiro atoms. The monoisotopic (exact) mass is 377 g/mol. The molecule has 1 heterocycles. The Balaban J connectivity index is 1.64. The van der Waals surface area contributed by atoms with E-state index in [1.807, 2.05) is 48.5 Å². The van der Waals surface area contributed by atoms with Gasteiger partial charge in [-0.15, -0.1) is 5.10 Å². The van der Waals surface area contributed by atoms with Crippen LogP contribution in [0.25, 0.3) is 0 Å². The van der Waals surface area contributed by atoms with Crippen molar-refractivity contribution in [2.75, 3.05) is 19.6 Å². The van der Waals surface area contributed by atoms with Gasteiger partial charge in [-0.25, -0.2) is 4.68 Å². The van der Waals surface area contributed by atoms with Gasteiger partial charge in [0.25, 0.3) is 5.91 Å². The predicted octanol–water partition coefficient (Wildman–Crippen LogP) is 3.14. The van der Waals surface area contributed by atoms with Gasteiger partial charge in [-0.05, 0) is 24.2 Å². The maximum absolute atomic E-state index is 12.6. The molecule has 3 rings (SSSR count). The summed E-state index contributed by atoms with van der Waals surface area (Å²) in [6, 6.07) is 20.4. The summed E-state index contributed by atoms with van der Waals surface area (Å²) in [6.45, 7) is 7.22. The van der Waals surface area contributed by atoms with Crippen LogP contribution in [-0.2, 0) is 6.54 Å². The van der Waals surface area contributed by atoms with E-state index in [1.165, 1.54) is 5.56 Å². The quantitative estimate of drug-likeness (QED) is 0.622. The Kier molecular flexibility index (Phi) is 6.92. The van der Waals surface area contributed by atoms with Crippen molar-refractivity contribution in [1.29, 1.82) is 0 Å². The summed E-state index contributed by atoms with van der Waals surface area (Å²) in [4.78, 5) is 14.9. The van der Waals surface area contributed by atoms with Crippen LogP contribution in [0.4, 0.5) is 0 Å². The molecule has 0 saturated heterocycles. The number of likely N-dealkylation sites (N-methyl/N-ethyl adjacent to an activating group) is 1. The lowest BCUT2D eigenvalue weighted by Crippen LogP contribution is -2.38. The van der Waals surface area contributed by atoms with Crippen molar-refractivity contribution in [1.82, 2.24) is 25.2 Å². The lowest BCUT2D eigenvalue weighted by molar-refractivity contribution is 0.0930. The zero-order valence-electron chi connectivity index (χ0n) is 16.5. The van der Waals surface area contributed by atoms with Crippen LogP contribution in [0.1, 0.15) is 41.5 Å². The Morgan fingerprint density at radius 2 is 1.68 bits per heavy atom. The molecule has 0 aliphatic rings. The van der Waals surface area contributed by atoms with Crippen LogP contribution in [-0.4, -0.2) is 45.4 Å². The van der Waals surface area contributed by atoms with Crippen LogP contribution in [0.5, 0.6) is 0 Å². The number of benzene rings is 2. The SMILES string of the molecule is CCN(CC)C(CNC(=O)c1cn(Cc2ccccc2)nn1)c1ccccc1. The third kappa shape index (κ3) is 5.04. The molecule has 1 amide bonds. The Labute approximate surface area is 166 Å². The number of nitrogens with one attached hydrogen (secondary N) is 1. The number of carbonyl (C=O) groups is 1. The van der Waals surface area contributed by atoms with E-state index in [1.54, 1.807) is 10.9 Å². The number of carbonyl (C=O) groups excluding carboxylic acids is 1. The van der Waals surface area contributed by atoms with E-state index >= 15 is 0 Å². The maximum atomic E-state index is 12.6. The first kappa shape index (κ1) is 19.8. The average molecular weight is 377 g/mol. The molecule has 1 N–H and O–H groups in total. The van der Waals surface area contributed by atoms with Gasteiger partial charge in [0.1, 0.15) is 0 Å². The van der Waals surface area contributed by atoms with Crippen molar-refractivity contribution >= 4 is 5.91 Å². The highest BCUT2D eigenvalue weighted by Gasteiger charge is 2.20. The number of aromatic nitrogens is 3. The summed E-state index contributed by atoms with van der Waals surface area (Å²) >= 11 is 0. The third-order valence-electron chi connectivity index (χ3n) is 4.85. The Morgan fingerprint density at radius 1 is 1.04 bits per heavy atom. The van der Waals surface area contributed by atoms with Gasteiger partial charge in [0.05, 0.1) is 18.8 Å². The zero-order chi connectivity index (χ0) is 19.8. The van der Waals surface area contributed by atoms with E-state index in [4.69, 9.17) is 0 Å². The van der Waals surface area contributed by atoms with Crippen molar-refractivity contribution in [2.24, 2.45) is 0 Å². The molecule has 0 fully saturated rings. The van der Waals surface area contributed by atoms with Gasteiger partial charge < -0.3 is 5.32 Å². The van der Waals surface area contributed by atoms with Gasteiger partial charge in [0, 0.05) is 6.54 Å². The van der Waals surface area contributed by atoms with E-state index in [-0.39, 0.29) is 11.9 Å². The molecular formula is C22H27N5O. The van der Waals surface area contributed by atoms with Crippen LogP contribution in [0.2, 0.25) is 0 Å². The first-order chi connectivity index (χ1) is 13.7. The summed E-state index contributed by atoms with van der Waals surface area (Å²) < 4.78 is 1.68. The smallest absolute Gasteiger partial charge is 0.273 e. The van der Waals surface area contributed by atoms with E-state index in [0.29, 0.717) is 18.8 Å². The Hall–Kier alpha value is -2.99. The molecule has 0 radical (unpaired) electrons. The predicted molar refractivity (Wildman–Crippen MR) is 110 cm³/mol. The fourth-order valence-electron chi connectivity index (χ4n) is 3.33. The number of hydrogen-bond donors (Lipinski definition) is 1. The summed E-state index contributed by atoms with van der Waals surface area (Å²) in [7, 11) is 0. The second-order valence-corrected chi connectivity index (χ2v) is 6.64. The van der Waals surface area contributed by atoms with Crippen molar-refractivity contribution in [3.05, 3.63) is 83.7 Å². The average Bonchev–Trinajstić information content (AvgIpc) is 3.21. The van der Waals surface area contributed by atoms with Crippen LogP contribution in [0, 0.1) is 0 Å². The highest BCUT2D eigenvalue weighted by molar-refractivity contribution is 5.91. The highest BCUT2D eigenvalue weighted by Crippen LogP contribution is 2.19. The highest BCUT2D eigenvalue weighted by atomic mass is 16.2. The maximum Gasteiger partial charge on any atom is 0.273 e. The lowest BCUT2D eigenvalue weighted by Gasteiger charge is -2.30. The van der Waals surface area contributed by atoms with Crippen LogP contribution in [0.15, 0.2) is 66.9 Å². The Bertz CT molecular complexity index is 859. The number of amides is 1. The van der Waals surface area contributed by atoms with E-state index in [0.717, 1.165) is 18.7 Å². The van der Waals surface area contributed by atoms with Crippen molar-refractivity contribution in [3.8, 4) is 0 Å². The molecule has 1 aromatic heterocycles. The molecule has 2 aromatic carbocycles. The molecule has 0 aliphatic heterocycles. The first-order valence-electron chi connectivity index (χ1n) is 9.72. The van der Waals surface area contributed by atoms with Crippen LogP contribution in [0.3, 0.4) is 0 Å². The molecule has 1 unspecified atom stereocenters. The van der Waals surface area contributed by atoms with Gasteiger partial charge in [0.2, 0.25) is 0 Å². The largest absolute Gasteiger partial charge is 0.349 e. The molecule has 6 heteroatoms. The second kappa shape index (κ2) is 9.80. The molecule has 0 bridgehead atoms. The molecule has 28 heavy (non-hydrogen) atoms. The van der Waals surface area contributed by atoms with E-state index < -0.39 is 0 Å². The minimum atomic E-state index is -0.201. The van der Waals surface area contributed by atoms with Gasteiger partial charge in [-0.2, -0.15) is 0 Å². The zero-order valence-corrected chi connectivity index (χ0v) is 16.5. The van der Waals surface area contributed by atoms with E-state index in [2.05, 4.69) is 46.5 Å². The van der Waals surface area contributed by atoms with Crippen molar-refractivity contribution < 1.29 is 4.79 Å². The van der Waals surface area contributed by atoms with Crippen LogP contribution >= 0.6 is 0 Å². The minimum absolute atomic E-state index is 0.125. The number of nitrogens with zero attached hydrogens (tertiary/aromatic N) is 4. The topological polar surface area (TPSA) is 63.1 Å². The van der Waals surface area contributed by atoms with Crippen LogP contribution < -0.4 is 5.32 Å². The number of rotatable bonds is 9. The first-order valence-corrected chi connectivity index (χ1v) is 9.72. The third-order valence-corrected chi connectivity index (χ3v) is 4.85. The standard InChI is InChI=1S/C22H27N5O/c1-3-26(4-2)21(19-13-9-6-10-14-19)15-23-22(28)20-17-27(25-24-20)16-18-11-7-5-8-12-18/h5-14,17,21H,3-4,15-16H2,1-2H3,(H,23,28). The molecule has 146 valence electrons. The van der Waals surface area contributed by atoms with Gasteiger partial charge >= 0.3 is 0 Å². The van der Waals surface area contributed by atoms with Gasteiger partial charge in [-0.3, -0.25) is 9.69 Å². The van der Waals surface area contributed by atoms with Gasteiger partial charge in [-0.1, -0.05) is 79.7 Å². The van der Waals surface area contributed by atoms with E-state index in [9.17, 15) is 4.79 Å². The molecule has 1 atom stereocenters. The molecule has 6 nitrogen and oxygen atoms in total. The summed E-state index contributed by atoms with van der Waals surface area (Å²) in [5, 5.41) is 11.1. The number of hydrogen-bond acceptors (Lipinski definition) is 4. The lowest BCUT2D eigenvalue weighted by atomic mass is 10.1. The summed E-state index contributed by atoms with van der Waals surface area (Å²) in [6.07, 6.45) is 1.69. The summed E-state index contributed by atoms with van der Waals surface area (Å²) in [5.41, 5.74) is 2.64. The fourth-order valence-corrected chi connectivity index (χ4v) is 3.33. The molecule has 0 aliphatic carbocycles. The normalized spacial score (nSPS) is 12.1. The molecule has 3 aromatic rings. The Morgan fingerprint density at radius 3 is 2.32 bits per heavy atom. The minimum Gasteiger partial charge on any atom is -0.349 e. The summed E-state index contributed by atoms with van der Waals surface area (Å²) in [5.74, 6) is -0.201. The second-order valence-electron chi connectivity index (χ2n) is 6.64. The molecule has 0 saturated carbocycles. The van der Waals surface area contributed by atoms with Gasteiger partial charge in [0.15, 0.2) is 5.69 Å². The van der Waals surface area contributed by atoms with Crippen molar-refractivity contribution in [2.45, 2.75) is 26.4 Å². The molecular weight excluding hydrogens is 350 g/mol. The fraction of sp³-hybridized carbons (Fsp3) is 0.318.